The molecular formula is C34H35ClFN7O3. The van der Waals surface area contributed by atoms with Gasteiger partial charge in [0, 0.05) is 65.1 Å². The van der Waals surface area contributed by atoms with Crippen LogP contribution in [0.2, 0.25) is 5.02 Å². The van der Waals surface area contributed by atoms with Crippen molar-refractivity contribution in [1.82, 2.24) is 25.5 Å². The lowest BCUT2D eigenvalue weighted by molar-refractivity contribution is -0.131. The number of hydrogen-bond acceptors (Lipinski definition) is 7. The molecule has 3 atom stereocenters. The number of alkyl halides is 1. The summed E-state index contributed by atoms with van der Waals surface area (Å²) in [6, 6.07) is 13.6. The van der Waals surface area contributed by atoms with Crippen molar-refractivity contribution in [2.24, 2.45) is 11.8 Å². The molecule has 3 fully saturated rings. The van der Waals surface area contributed by atoms with Gasteiger partial charge >= 0.3 is 0 Å². The van der Waals surface area contributed by atoms with Crippen LogP contribution in [0.5, 0.6) is 0 Å². The number of nitrogens with one attached hydrogen (secondary N) is 3. The number of anilines is 2. The maximum absolute atomic E-state index is 14.7. The second-order valence-corrected chi connectivity index (χ2v) is 13.0. The Hall–Kier alpha value is -4.35. The highest BCUT2D eigenvalue weighted by Crippen LogP contribution is 2.40. The average Bonchev–Trinajstić information content (AvgIpc) is 3.32. The van der Waals surface area contributed by atoms with Crippen molar-refractivity contribution >= 4 is 35.1 Å². The number of aromatic nitrogens is 4. The molecule has 238 valence electrons. The summed E-state index contributed by atoms with van der Waals surface area (Å²) < 4.78 is 20.3. The zero-order valence-electron chi connectivity index (χ0n) is 25.6. The van der Waals surface area contributed by atoms with Crippen LogP contribution in [0.25, 0.3) is 22.4 Å². The summed E-state index contributed by atoms with van der Waals surface area (Å²) in [4.78, 5) is 38.0. The lowest BCUT2D eigenvalue weighted by atomic mass is 10.0. The predicted octanol–water partition coefficient (Wildman–Crippen LogP) is 5.05. The molecule has 7 rings (SSSR count). The molecule has 2 saturated heterocycles. The van der Waals surface area contributed by atoms with E-state index in [0.717, 1.165) is 54.4 Å². The second-order valence-electron chi connectivity index (χ2n) is 12.6. The van der Waals surface area contributed by atoms with Crippen LogP contribution in [0.3, 0.4) is 0 Å². The Kier molecular flexibility index (Phi) is 7.98. The smallest absolute Gasteiger partial charge is 0.258 e. The van der Waals surface area contributed by atoms with Crippen molar-refractivity contribution in [2.45, 2.75) is 44.8 Å². The average molecular weight is 644 g/mol. The summed E-state index contributed by atoms with van der Waals surface area (Å²) >= 11 is 6.63. The molecule has 0 radical (unpaired) electrons. The molecule has 46 heavy (non-hydrogen) atoms. The lowest BCUT2D eigenvalue weighted by Gasteiger charge is -2.21. The van der Waals surface area contributed by atoms with E-state index in [-0.39, 0.29) is 19.3 Å². The summed E-state index contributed by atoms with van der Waals surface area (Å²) in [6.07, 6.45) is 2.07. The predicted molar refractivity (Wildman–Crippen MR) is 173 cm³/mol. The summed E-state index contributed by atoms with van der Waals surface area (Å²) in [5, 5.41) is 13.2. The number of fused-ring (bicyclic) bond motifs is 1. The zero-order chi connectivity index (χ0) is 32.0. The molecule has 3 N–H and O–H groups in total. The van der Waals surface area contributed by atoms with Crippen LogP contribution in [-0.2, 0) is 20.7 Å². The van der Waals surface area contributed by atoms with Gasteiger partial charge in [-0.25, -0.2) is 14.4 Å². The van der Waals surface area contributed by atoms with Crippen molar-refractivity contribution in [3.8, 4) is 22.4 Å². The first-order chi connectivity index (χ1) is 22.2. The first-order valence-electron chi connectivity index (χ1n) is 15.5. The molecule has 2 aliphatic heterocycles. The standard InChI is InChI=1S/C34H35ClFN7O3/c1-19-30(20(2)42-41-19)21-3-6-26(7-4-21)38-31(44)29(39-32(45)34(36)10-11-34)14-23-13-22(5-8-27(23)35)28-9-12-37-33(40-28)43-15-24-17-46-18-25(24)16-43/h3-9,12-13,24-25,29H,10-11,14-18H2,1-2H3,(H,38,44)(H,39,45)(H,41,42)/t24?,25?,29-/m0/s1. The van der Waals surface area contributed by atoms with E-state index in [1.807, 2.05) is 44.2 Å². The van der Waals surface area contributed by atoms with E-state index in [9.17, 15) is 14.0 Å². The minimum Gasteiger partial charge on any atom is -0.381 e. The number of nitrogens with zero attached hydrogens (tertiary/aromatic N) is 4. The number of carbonyl (C=O) groups is 2. The SMILES string of the molecule is Cc1n[nH]c(C)c1-c1ccc(NC(=O)[C@H](Cc2cc(-c3ccnc(N4CC5COCC5C4)n3)ccc2Cl)NC(=O)C2(F)CC2)cc1. The van der Waals surface area contributed by atoms with Gasteiger partial charge in [0.15, 0.2) is 5.67 Å². The van der Waals surface area contributed by atoms with Gasteiger partial charge in [-0.15, -0.1) is 0 Å². The molecule has 3 aliphatic rings. The Morgan fingerprint density at radius 1 is 1.09 bits per heavy atom. The van der Waals surface area contributed by atoms with Crippen LogP contribution in [0.1, 0.15) is 29.8 Å². The summed E-state index contributed by atoms with van der Waals surface area (Å²) in [5.41, 5.74) is 4.51. The van der Waals surface area contributed by atoms with Gasteiger partial charge in [-0.3, -0.25) is 14.7 Å². The number of ether oxygens (including phenoxy) is 1. The maximum atomic E-state index is 14.7. The minimum atomic E-state index is -1.94. The lowest BCUT2D eigenvalue weighted by Crippen LogP contribution is -2.48. The summed E-state index contributed by atoms with van der Waals surface area (Å²) in [7, 11) is 0. The first kappa shape index (κ1) is 30.3. The molecule has 2 unspecified atom stereocenters. The second kappa shape index (κ2) is 12.1. The highest BCUT2D eigenvalue weighted by atomic mass is 35.5. The van der Waals surface area contributed by atoms with Crippen molar-refractivity contribution in [2.75, 3.05) is 36.5 Å². The fourth-order valence-electron chi connectivity index (χ4n) is 6.38. The van der Waals surface area contributed by atoms with Gasteiger partial charge < -0.3 is 20.3 Å². The molecule has 4 heterocycles. The summed E-state index contributed by atoms with van der Waals surface area (Å²) in [6.45, 7) is 7.14. The third-order valence-electron chi connectivity index (χ3n) is 9.22. The van der Waals surface area contributed by atoms with Gasteiger partial charge in [-0.2, -0.15) is 5.10 Å². The molecule has 4 aromatic rings. The van der Waals surface area contributed by atoms with E-state index < -0.39 is 23.5 Å². The van der Waals surface area contributed by atoms with Crippen molar-refractivity contribution in [1.29, 1.82) is 0 Å². The number of amides is 2. The zero-order valence-corrected chi connectivity index (χ0v) is 26.4. The molecule has 2 aromatic heterocycles. The van der Waals surface area contributed by atoms with Crippen LogP contribution in [0.15, 0.2) is 54.7 Å². The maximum Gasteiger partial charge on any atom is 0.258 e. The van der Waals surface area contributed by atoms with E-state index >= 15 is 0 Å². The third kappa shape index (κ3) is 6.09. The van der Waals surface area contributed by atoms with Gasteiger partial charge in [-0.1, -0.05) is 29.8 Å². The third-order valence-corrected chi connectivity index (χ3v) is 9.59. The Bertz CT molecular complexity index is 1760. The van der Waals surface area contributed by atoms with Crippen molar-refractivity contribution in [3.05, 3.63) is 76.7 Å². The highest BCUT2D eigenvalue weighted by molar-refractivity contribution is 6.31. The van der Waals surface area contributed by atoms with Crippen molar-refractivity contribution in [3.63, 3.8) is 0 Å². The minimum absolute atomic E-state index is 0.0548. The fraction of sp³-hybridized carbons (Fsp3) is 0.382. The molecule has 2 aromatic carbocycles. The van der Waals surface area contributed by atoms with E-state index in [1.165, 1.54) is 0 Å². The van der Waals surface area contributed by atoms with Gasteiger partial charge in [0.05, 0.1) is 24.6 Å². The van der Waals surface area contributed by atoms with Crippen LogP contribution < -0.4 is 15.5 Å². The van der Waals surface area contributed by atoms with Crippen LogP contribution >= 0.6 is 11.6 Å². The largest absolute Gasteiger partial charge is 0.381 e. The number of rotatable bonds is 9. The quantitative estimate of drug-likeness (QED) is 0.233. The Morgan fingerprint density at radius 2 is 1.80 bits per heavy atom. The van der Waals surface area contributed by atoms with E-state index in [0.29, 0.717) is 39.8 Å². The molecule has 12 heteroatoms. The number of carbonyl (C=O) groups excluding carboxylic acids is 2. The molecule has 0 spiro atoms. The van der Waals surface area contributed by atoms with E-state index in [2.05, 4.69) is 30.7 Å². The van der Waals surface area contributed by atoms with Gasteiger partial charge in [-0.05, 0) is 68.1 Å². The molecule has 2 amide bonds. The van der Waals surface area contributed by atoms with Crippen molar-refractivity contribution < 1.29 is 18.7 Å². The van der Waals surface area contributed by atoms with Crippen LogP contribution in [0, 0.1) is 25.7 Å². The molecule has 0 bridgehead atoms. The van der Waals surface area contributed by atoms with E-state index in [4.69, 9.17) is 21.3 Å². The number of hydrogen-bond donors (Lipinski definition) is 3. The van der Waals surface area contributed by atoms with E-state index in [1.54, 1.807) is 24.4 Å². The first-order valence-corrected chi connectivity index (χ1v) is 15.9. The Balaban J connectivity index is 1.11. The Labute approximate surface area is 271 Å². The van der Waals surface area contributed by atoms with Gasteiger partial charge in [0.25, 0.3) is 5.91 Å². The highest BCUT2D eigenvalue weighted by Gasteiger charge is 2.51. The number of halogens is 2. The number of aromatic amines is 1. The number of benzene rings is 2. The van der Waals surface area contributed by atoms with Gasteiger partial charge in [0.2, 0.25) is 11.9 Å². The molecule has 1 aliphatic carbocycles. The Morgan fingerprint density at radius 3 is 2.48 bits per heavy atom. The number of H-pyrrole nitrogens is 1. The monoisotopic (exact) mass is 643 g/mol. The topological polar surface area (TPSA) is 125 Å². The van der Waals surface area contributed by atoms with Crippen LogP contribution in [0.4, 0.5) is 16.0 Å². The summed E-state index contributed by atoms with van der Waals surface area (Å²) in [5.74, 6) is 0.386. The normalized spacial score (nSPS) is 20.3. The molecule has 1 saturated carbocycles. The van der Waals surface area contributed by atoms with Gasteiger partial charge in [0.1, 0.15) is 6.04 Å². The number of aryl methyl sites for hydroxylation is 2. The molecular weight excluding hydrogens is 609 g/mol. The van der Waals surface area contributed by atoms with Crippen LogP contribution in [-0.4, -0.2) is 70.0 Å². The molecule has 10 nitrogen and oxygen atoms in total. The fourth-order valence-corrected chi connectivity index (χ4v) is 6.58.